The van der Waals surface area contributed by atoms with Crippen molar-refractivity contribution in [3.63, 3.8) is 0 Å². The van der Waals surface area contributed by atoms with E-state index >= 15 is 0 Å². The summed E-state index contributed by atoms with van der Waals surface area (Å²) in [5.74, 6) is 1.48. The molecule has 3 nitrogen and oxygen atoms in total. The highest BCUT2D eigenvalue weighted by atomic mass is 16.5. The number of benzene rings is 3. The SMILES string of the molecule is [B]c1ccc(-c2cc(O)cc3cc(OC)c(OC)cc23)cc1. The van der Waals surface area contributed by atoms with Gasteiger partial charge in [-0.2, -0.15) is 0 Å². The Morgan fingerprint density at radius 3 is 2.14 bits per heavy atom. The molecular weight excluding hydrogens is 275 g/mol. The maximum atomic E-state index is 10.0. The molecule has 0 fully saturated rings. The molecule has 3 rings (SSSR count). The van der Waals surface area contributed by atoms with Crippen molar-refractivity contribution < 1.29 is 14.6 Å². The van der Waals surface area contributed by atoms with Gasteiger partial charge in [0.1, 0.15) is 13.6 Å². The van der Waals surface area contributed by atoms with Crippen LogP contribution in [0.4, 0.5) is 0 Å². The summed E-state index contributed by atoms with van der Waals surface area (Å²) in [5, 5.41) is 11.9. The quantitative estimate of drug-likeness (QED) is 0.754. The summed E-state index contributed by atoms with van der Waals surface area (Å²) in [7, 11) is 8.94. The van der Waals surface area contributed by atoms with E-state index in [9.17, 15) is 5.11 Å². The van der Waals surface area contributed by atoms with E-state index in [1.807, 2.05) is 36.4 Å². The van der Waals surface area contributed by atoms with Gasteiger partial charge in [0.2, 0.25) is 0 Å². The van der Waals surface area contributed by atoms with Crippen molar-refractivity contribution in [1.82, 2.24) is 0 Å². The fourth-order valence-corrected chi connectivity index (χ4v) is 2.58. The number of phenols is 1. The van der Waals surface area contributed by atoms with E-state index in [-0.39, 0.29) is 5.75 Å². The van der Waals surface area contributed by atoms with Gasteiger partial charge in [0, 0.05) is 0 Å². The number of rotatable bonds is 3. The minimum absolute atomic E-state index is 0.201. The molecule has 0 saturated carbocycles. The molecule has 2 radical (unpaired) electrons. The van der Waals surface area contributed by atoms with Crippen LogP contribution in [0, 0.1) is 0 Å². The lowest BCUT2D eigenvalue weighted by atomic mass is 9.92. The maximum absolute atomic E-state index is 10.0. The molecule has 0 bridgehead atoms. The lowest BCUT2D eigenvalue weighted by molar-refractivity contribution is 0.356. The molecule has 4 heteroatoms. The lowest BCUT2D eigenvalue weighted by Crippen LogP contribution is -1.99. The molecule has 3 aromatic carbocycles. The molecule has 0 amide bonds. The second kappa shape index (κ2) is 5.64. The van der Waals surface area contributed by atoms with Crippen molar-refractivity contribution >= 4 is 24.1 Å². The highest BCUT2D eigenvalue weighted by molar-refractivity contribution is 6.32. The van der Waals surface area contributed by atoms with E-state index in [1.165, 1.54) is 0 Å². The van der Waals surface area contributed by atoms with Crippen molar-refractivity contribution in [1.29, 1.82) is 0 Å². The van der Waals surface area contributed by atoms with Gasteiger partial charge < -0.3 is 14.6 Å². The maximum Gasteiger partial charge on any atom is 0.161 e. The average Bonchev–Trinajstić information content (AvgIpc) is 2.53. The third-order valence-corrected chi connectivity index (χ3v) is 3.66. The second-order valence-electron chi connectivity index (χ2n) is 5.04. The van der Waals surface area contributed by atoms with Gasteiger partial charge in [0.25, 0.3) is 0 Å². The van der Waals surface area contributed by atoms with Crippen LogP contribution in [0.3, 0.4) is 0 Å². The first-order valence-electron chi connectivity index (χ1n) is 6.87. The summed E-state index contributed by atoms with van der Waals surface area (Å²) in [6.45, 7) is 0. The summed E-state index contributed by atoms with van der Waals surface area (Å²) < 4.78 is 10.7. The summed E-state index contributed by atoms with van der Waals surface area (Å²) in [5.41, 5.74) is 2.59. The normalized spacial score (nSPS) is 10.6. The highest BCUT2D eigenvalue weighted by Crippen LogP contribution is 2.39. The van der Waals surface area contributed by atoms with E-state index in [1.54, 1.807) is 26.4 Å². The number of aromatic hydroxyl groups is 1. The predicted molar refractivity (Wildman–Crippen MR) is 89.5 cm³/mol. The van der Waals surface area contributed by atoms with Crippen LogP contribution >= 0.6 is 0 Å². The Hall–Kier alpha value is -2.62. The second-order valence-corrected chi connectivity index (χ2v) is 5.04. The molecule has 22 heavy (non-hydrogen) atoms. The molecule has 0 heterocycles. The zero-order valence-corrected chi connectivity index (χ0v) is 12.5. The monoisotopic (exact) mass is 290 g/mol. The first-order valence-corrected chi connectivity index (χ1v) is 6.87. The van der Waals surface area contributed by atoms with Crippen LogP contribution in [0.5, 0.6) is 17.2 Å². The lowest BCUT2D eigenvalue weighted by Gasteiger charge is -2.13. The molecule has 108 valence electrons. The van der Waals surface area contributed by atoms with Crippen molar-refractivity contribution in [3.05, 3.63) is 48.5 Å². The molecule has 0 spiro atoms. The van der Waals surface area contributed by atoms with Crippen molar-refractivity contribution in [2.75, 3.05) is 14.2 Å². The van der Waals surface area contributed by atoms with Gasteiger partial charge in [-0.25, -0.2) is 0 Å². The van der Waals surface area contributed by atoms with Crippen molar-refractivity contribution in [2.45, 2.75) is 0 Å². The fraction of sp³-hybridized carbons (Fsp3) is 0.111. The van der Waals surface area contributed by atoms with Crippen LogP contribution in [0.1, 0.15) is 0 Å². The van der Waals surface area contributed by atoms with Crippen molar-refractivity contribution in [3.8, 4) is 28.4 Å². The minimum Gasteiger partial charge on any atom is -0.508 e. The number of hydrogen-bond acceptors (Lipinski definition) is 3. The minimum atomic E-state index is 0.201. The number of ether oxygens (including phenoxy) is 2. The largest absolute Gasteiger partial charge is 0.508 e. The number of fused-ring (bicyclic) bond motifs is 1. The third kappa shape index (κ3) is 2.48. The number of phenolic OH excluding ortho intramolecular Hbond substituents is 1. The van der Waals surface area contributed by atoms with Crippen LogP contribution in [0.25, 0.3) is 21.9 Å². The molecular formula is C18H15BO3. The smallest absolute Gasteiger partial charge is 0.161 e. The van der Waals surface area contributed by atoms with Crippen LogP contribution < -0.4 is 14.9 Å². The third-order valence-electron chi connectivity index (χ3n) is 3.66. The Kier molecular flexibility index (Phi) is 3.67. The first kappa shape index (κ1) is 14.3. The Balaban J connectivity index is 2.31. The predicted octanol–water partition coefficient (Wildman–Crippen LogP) is 3.02. The number of hydrogen-bond donors (Lipinski definition) is 1. The Morgan fingerprint density at radius 1 is 0.864 bits per heavy atom. The van der Waals surface area contributed by atoms with Gasteiger partial charge in [-0.05, 0) is 46.2 Å². The summed E-state index contributed by atoms with van der Waals surface area (Å²) in [4.78, 5) is 0. The molecule has 0 aliphatic heterocycles. The average molecular weight is 290 g/mol. The molecule has 0 aliphatic rings. The van der Waals surface area contributed by atoms with Crippen LogP contribution in [0.2, 0.25) is 0 Å². The molecule has 0 atom stereocenters. The van der Waals surface area contributed by atoms with E-state index in [0.717, 1.165) is 21.9 Å². The zero-order valence-electron chi connectivity index (χ0n) is 12.5. The molecule has 3 aromatic rings. The standard InChI is InChI=1S/C18H15BO3/c1-21-17-8-12-7-14(20)9-15(16(12)10-18(17)22-2)11-3-5-13(19)6-4-11/h3-10,20H,1-2H3. The zero-order chi connectivity index (χ0) is 15.7. The van der Waals surface area contributed by atoms with Crippen LogP contribution in [-0.4, -0.2) is 27.2 Å². The van der Waals surface area contributed by atoms with Gasteiger partial charge in [-0.1, -0.05) is 29.7 Å². The van der Waals surface area contributed by atoms with Gasteiger partial charge in [0.05, 0.1) is 14.2 Å². The Morgan fingerprint density at radius 2 is 1.50 bits per heavy atom. The van der Waals surface area contributed by atoms with Crippen LogP contribution in [0.15, 0.2) is 48.5 Å². The van der Waals surface area contributed by atoms with E-state index in [0.29, 0.717) is 17.0 Å². The molecule has 0 aliphatic carbocycles. The Bertz CT molecular complexity index is 826. The van der Waals surface area contributed by atoms with Gasteiger partial charge in [0.15, 0.2) is 11.5 Å². The van der Waals surface area contributed by atoms with Gasteiger partial charge in [-0.3, -0.25) is 0 Å². The highest BCUT2D eigenvalue weighted by Gasteiger charge is 2.11. The van der Waals surface area contributed by atoms with E-state index < -0.39 is 0 Å². The first-order chi connectivity index (χ1) is 10.6. The molecule has 0 unspecified atom stereocenters. The van der Waals surface area contributed by atoms with E-state index in [4.69, 9.17) is 17.3 Å². The summed E-state index contributed by atoms with van der Waals surface area (Å²) in [6.07, 6.45) is 0. The van der Waals surface area contributed by atoms with Crippen LogP contribution in [-0.2, 0) is 0 Å². The molecule has 0 aromatic heterocycles. The topological polar surface area (TPSA) is 38.7 Å². The molecule has 1 N–H and O–H groups in total. The van der Waals surface area contributed by atoms with Crippen molar-refractivity contribution in [2.24, 2.45) is 0 Å². The number of methoxy groups -OCH3 is 2. The molecule has 0 saturated heterocycles. The fourth-order valence-electron chi connectivity index (χ4n) is 2.58. The van der Waals surface area contributed by atoms with Gasteiger partial charge >= 0.3 is 0 Å². The summed E-state index contributed by atoms with van der Waals surface area (Å²) >= 11 is 0. The van der Waals surface area contributed by atoms with E-state index in [2.05, 4.69) is 0 Å². The van der Waals surface area contributed by atoms with Gasteiger partial charge in [-0.15, -0.1) is 0 Å². The Labute approximate surface area is 130 Å². The summed E-state index contributed by atoms with van der Waals surface area (Å²) in [6, 6.07) is 14.8.